The second-order valence-electron chi connectivity index (χ2n) is 8.86. The zero-order chi connectivity index (χ0) is 21.9. The van der Waals surface area contributed by atoms with Gasteiger partial charge in [-0.15, -0.1) is 0 Å². The molecule has 1 unspecified atom stereocenters. The van der Waals surface area contributed by atoms with Gasteiger partial charge in [0.2, 0.25) is 0 Å². The van der Waals surface area contributed by atoms with E-state index in [0.29, 0.717) is 25.4 Å². The fraction of sp³-hybridized carbons (Fsp3) is 0.720. The summed E-state index contributed by atoms with van der Waals surface area (Å²) in [5.41, 5.74) is 2.41. The van der Waals surface area contributed by atoms with Crippen molar-refractivity contribution in [2.75, 3.05) is 32.8 Å². The number of aliphatic imine (C=N–C) groups is 1. The van der Waals surface area contributed by atoms with E-state index in [-0.39, 0.29) is 6.10 Å². The first-order valence-corrected chi connectivity index (χ1v) is 12.1. The second-order valence-corrected chi connectivity index (χ2v) is 8.86. The number of likely N-dealkylation sites (tertiary alicyclic amines) is 1. The third kappa shape index (κ3) is 8.43. The summed E-state index contributed by atoms with van der Waals surface area (Å²) >= 11 is 0. The largest absolute Gasteiger partial charge is 0.376 e. The lowest BCUT2D eigenvalue weighted by atomic mass is 10.1. The molecular formula is C25H41N3O3. The molecule has 0 aromatic heterocycles. The predicted molar refractivity (Wildman–Crippen MR) is 125 cm³/mol. The molecule has 3 rings (SSSR count). The molecule has 31 heavy (non-hydrogen) atoms. The first-order chi connectivity index (χ1) is 15.1. The Morgan fingerprint density at radius 1 is 1.19 bits per heavy atom. The highest BCUT2D eigenvalue weighted by Crippen LogP contribution is 2.18. The third-order valence-corrected chi connectivity index (χ3v) is 5.85. The van der Waals surface area contributed by atoms with Crippen LogP contribution in [0.1, 0.15) is 64.0 Å². The van der Waals surface area contributed by atoms with Crippen LogP contribution >= 0.6 is 0 Å². The van der Waals surface area contributed by atoms with Crippen LogP contribution in [0.2, 0.25) is 0 Å². The number of nitrogens with zero attached hydrogens (tertiary/aromatic N) is 2. The number of ether oxygens (including phenoxy) is 3. The van der Waals surface area contributed by atoms with E-state index >= 15 is 0 Å². The molecule has 1 N–H and O–H groups in total. The van der Waals surface area contributed by atoms with Gasteiger partial charge >= 0.3 is 0 Å². The third-order valence-electron chi connectivity index (χ3n) is 5.85. The van der Waals surface area contributed by atoms with Crippen molar-refractivity contribution in [3.05, 3.63) is 35.4 Å². The predicted octanol–water partition coefficient (Wildman–Crippen LogP) is 4.13. The molecule has 2 fully saturated rings. The standard InChI is InChI=1S/C25H41N3O3/c1-4-26-25(27-17-21-8-7-9-22(16-21)18-30-20(2)3)28-13-11-23(12-14-28)31-19-24-10-5-6-15-29-24/h7-9,16,20,23-24H,4-6,10-15,17-19H2,1-3H3,(H,26,27). The van der Waals surface area contributed by atoms with Gasteiger partial charge in [-0.3, -0.25) is 0 Å². The molecule has 0 bridgehead atoms. The van der Waals surface area contributed by atoms with Gasteiger partial charge in [0, 0.05) is 26.2 Å². The molecule has 174 valence electrons. The molecule has 1 aromatic carbocycles. The van der Waals surface area contributed by atoms with Crippen LogP contribution in [-0.4, -0.2) is 62.0 Å². The molecule has 1 aromatic rings. The molecule has 2 aliphatic rings. The molecule has 0 saturated carbocycles. The number of hydrogen-bond donors (Lipinski definition) is 1. The van der Waals surface area contributed by atoms with E-state index in [9.17, 15) is 0 Å². The van der Waals surface area contributed by atoms with Gasteiger partial charge in [-0.2, -0.15) is 0 Å². The Kier molecular flexibility index (Phi) is 10.1. The van der Waals surface area contributed by atoms with Gasteiger partial charge in [-0.25, -0.2) is 4.99 Å². The number of nitrogens with one attached hydrogen (secondary N) is 1. The van der Waals surface area contributed by atoms with Crippen LogP contribution in [-0.2, 0) is 27.4 Å². The summed E-state index contributed by atoms with van der Waals surface area (Å²) in [6, 6.07) is 8.54. The van der Waals surface area contributed by atoms with Crippen molar-refractivity contribution in [1.82, 2.24) is 10.2 Å². The maximum absolute atomic E-state index is 6.17. The van der Waals surface area contributed by atoms with Gasteiger partial charge in [-0.1, -0.05) is 24.3 Å². The van der Waals surface area contributed by atoms with E-state index in [1.54, 1.807) is 0 Å². The molecule has 6 heteroatoms. The number of guanidine groups is 1. The van der Waals surface area contributed by atoms with E-state index in [4.69, 9.17) is 19.2 Å². The Morgan fingerprint density at radius 3 is 2.71 bits per heavy atom. The average molecular weight is 432 g/mol. The second kappa shape index (κ2) is 13.0. The maximum Gasteiger partial charge on any atom is 0.194 e. The first kappa shape index (κ1) is 24.0. The van der Waals surface area contributed by atoms with E-state index < -0.39 is 0 Å². The lowest BCUT2D eigenvalue weighted by Gasteiger charge is -2.35. The van der Waals surface area contributed by atoms with Crippen molar-refractivity contribution < 1.29 is 14.2 Å². The van der Waals surface area contributed by atoms with Crippen LogP contribution in [0, 0.1) is 0 Å². The Balaban J connectivity index is 1.47. The van der Waals surface area contributed by atoms with Crippen molar-refractivity contribution in [2.24, 2.45) is 4.99 Å². The Hall–Kier alpha value is -1.63. The van der Waals surface area contributed by atoms with Gasteiger partial charge in [0.05, 0.1) is 38.1 Å². The monoisotopic (exact) mass is 431 g/mol. The van der Waals surface area contributed by atoms with Crippen molar-refractivity contribution >= 4 is 5.96 Å². The number of benzene rings is 1. The molecule has 1 atom stereocenters. The SMILES string of the molecule is CCNC(=NCc1cccc(COC(C)C)c1)N1CCC(OCC2CCCCO2)CC1. The number of hydrogen-bond acceptors (Lipinski definition) is 4. The van der Waals surface area contributed by atoms with E-state index in [1.807, 2.05) is 0 Å². The fourth-order valence-electron chi connectivity index (χ4n) is 4.09. The van der Waals surface area contributed by atoms with Gasteiger partial charge in [-0.05, 0) is 64.0 Å². The summed E-state index contributed by atoms with van der Waals surface area (Å²) < 4.78 is 17.7. The van der Waals surface area contributed by atoms with Crippen LogP contribution in [0.25, 0.3) is 0 Å². The molecule has 2 saturated heterocycles. The van der Waals surface area contributed by atoms with Crippen LogP contribution in [0.4, 0.5) is 0 Å². The highest BCUT2D eigenvalue weighted by molar-refractivity contribution is 5.80. The molecule has 2 heterocycles. The lowest BCUT2D eigenvalue weighted by Crippen LogP contribution is -2.47. The quantitative estimate of drug-likeness (QED) is 0.471. The highest BCUT2D eigenvalue weighted by atomic mass is 16.5. The minimum atomic E-state index is 0.240. The van der Waals surface area contributed by atoms with Crippen molar-refractivity contribution in [3.8, 4) is 0 Å². The Bertz CT molecular complexity index is 666. The summed E-state index contributed by atoms with van der Waals surface area (Å²) in [4.78, 5) is 7.29. The summed E-state index contributed by atoms with van der Waals surface area (Å²) in [7, 11) is 0. The molecule has 0 radical (unpaired) electrons. The van der Waals surface area contributed by atoms with Crippen molar-refractivity contribution in [1.29, 1.82) is 0 Å². The van der Waals surface area contributed by atoms with Gasteiger partial charge < -0.3 is 24.4 Å². The van der Waals surface area contributed by atoms with Crippen LogP contribution < -0.4 is 5.32 Å². The molecular weight excluding hydrogens is 390 g/mol. The lowest BCUT2D eigenvalue weighted by molar-refractivity contribution is -0.0721. The zero-order valence-electron chi connectivity index (χ0n) is 19.6. The van der Waals surface area contributed by atoms with E-state index in [2.05, 4.69) is 55.3 Å². The van der Waals surface area contributed by atoms with Crippen LogP contribution in [0.3, 0.4) is 0 Å². The normalized spacial score (nSPS) is 21.0. The van der Waals surface area contributed by atoms with Gasteiger partial charge in [0.25, 0.3) is 0 Å². The average Bonchev–Trinajstić information content (AvgIpc) is 2.80. The zero-order valence-corrected chi connectivity index (χ0v) is 19.6. The molecule has 0 aliphatic carbocycles. The Morgan fingerprint density at radius 2 is 2.00 bits per heavy atom. The molecule has 6 nitrogen and oxygen atoms in total. The smallest absolute Gasteiger partial charge is 0.194 e. The first-order valence-electron chi connectivity index (χ1n) is 12.1. The van der Waals surface area contributed by atoms with E-state index in [0.717, 1.165) is 58.1 Å². The minimum absolute atomic E-state index is 0.240. The van der Waals surface area contributed by atoms with Crippen molar-refractivity contribution in [2.45, 2.75) is 84.3 Å². The maximum atomic E-state index is 6.17. The minimum Gasteiger partial charge on any atom is -0.376 e. The molecule has 2 aliphatic heterocycles. The molecule has 0 amide bonds. The molecule has 0 spiro atoms. The van der Waals surface area contributed by atoms with Gasteiger partial charge in [0.15, 0.2) is 5.96 Å². The van der Waals surface area contributed by atoms with Crippen molar-refractivity contribution in [3.63, 3.8) is 0 Å². The Labute approximate surface area is 188 Å². The van der Waals surface area contributed by atoms with Crippen LogP contribution in [0.5, 0.6) is 0 Å². The fourth-order valence-corrected chi connectivity index (χ4v) is 4.09. The summed E-state index contributed by atoms with van der Waals surface area (Å²) in [6.45, 7) is 12.0. The van der Waals surface area contributed by atoms with E-state index in [1.165, 1.54) is 24.0 Å². The topological polar surface area (TPSA) is 55.3 Å². The van der Waals surface area contributed by atoms with Crippen LogP contribution in [0.15, 0.2) is 29.3 Å². The summed E-state index contributed by atoms with van der Waals surface area (Å²) in [5.74, 6) is 1.00. The van der Waals surface area contributed by atoms with Gasteiger partial charge in [0.1, 0.15) is 0 Å². The highest BCUT2D eigenvalue weighted by Gasteiger charge is 2.23. The summed E-state index contributed by atoms with van der Waals surface area (Å²) in [5, 5.41) is 3.47. The number of rotatable bonds is 9. The summed E-state index contributed by atoms with van der Waals surface area (Å²) in [6.07, 6.45) is 6.55. The number of piperidine rings is 1.